The lowest BCUT2D eigenvalue weighted by Gasteiger charge is -2.32. The maximum Gasteiger partial charge on any atom is 0.222 e. The maximum absolute atomic E-state index is 6.49. The standard InChI is InChI=1S/C21H16Cl2N4/c22-14-8-9-17(18(23)10-14)19-11-20(27-21(26-19)24-12-25-27)16-7-3-5-13-4-1-2-6-15(13)16/h1-10,12,19-20H,11H2,(H,24,25,26). The predicted molar refractivity (Wildman–Crippen MR) is 110 cm³/mol. The van der Waals surface area contributed by atoms with Crippen LogP contribution >= 0.6 is 23.2 Å². The minimum atomic E-state index is 0.0236. The van der Waals surface area contributed by atoms with Gasteiger partial charge >= 0.3 is 0 Å². The molecule has 2 atom stereocenters. The molecule has 1 aliphatic heterocycles. The van der Waals surface area contributed by atoms with Crippen LogP contribution in [0.3, 0.4) is 0 Å². The first-order valence-electron chi connectivity index (χ1n) is 8.79. The van der Waals surface area contributed by atoms with Crippen molar-refractivity contribution >= 4 is 39.9 Å². The molecule has 1 aromatic heterocycles. The summed E-state index contributed by atoms with van der Waals surface area (Å²) < 4.78 is 1.96. The first-order chi connectivity index (χ1) is 13.2. The van der Waals surface area contributed by atoms with Gasteiger partial charge in [-0.25, -0.2) is 4.68 Å². The largest absolute Gasteiger partial charge is 0.347 e. The molecule has 6 heteroatoms. The Bertz CT molecular complexity index is 1130. The van der Waals surface area contributed by atoms with Gasteiger partial charge < -0.3 is 5.32 Å². The van der Waals surface area contributed by atoms with Crippen LogP contribution < -0.4 is 5.32 Å². The SMILES string of the molecule is Clc1ccc(C2CC(c3cccc4ccccc34)n3ncnc3N2)c(Cl)c1. The second-order valence-electron chi connectivity index (χ2n) is 6.71. The summed E-state index contributed by atoms with van der Waals surface area (Å²) >= 11 is 12.6. The smallest absolute Gasteiger partial charge is 0.222 e. The Morgan fingerprint density at radius 2 is 1.81 bits per heavy atom. The van der Waals surface area contributed by atoms with E-state index in [9.17, 15) is 0 Å². The summed E-state index contributed by atoms with van der Waals surface area (Å²) in [7, 11) is 0. The molecule has 3 aromatic carbocycles. The molecule has 1 N–H and O–H groups in total. The molecule has 0 amide bonds. The highest BCUT2D eigenvalue weighted by Crippen LogP contribution is 2.41. The van der Waals surface area contributed by atoms with Crippen LogP contribution in [0, 0.1) is 0 Å². The first-order valence-corrected chi connectivity index (χ1v) is 9.55. The van der Waals surface area contributed by atoms with E-state index in [1.807, 2.05) is 16.8 Å². The quantitative estimate of drug-likeness (QED) is 0.461. The minimum Gasteiger partial charge on any atom is -0.347 e. The number of hydrogen-bond acceptors (Lipinski definition) is 3. The molecule has 2 unspecified atom stereocenters. The summed E-state index contributed by atoms with van der Waals surface area (Å²) in [6.07, 6.45) is 2.40. The van der Waals surface area contributed by atoms with Crippen molar-refractivity contribution in [3.63, 3.8) is 0 Å². The molecule has 0 spiro atoms. The van der Waals surface area contributed by atoms with E-state index in [-0.39, 0.29) is 12.1 Å². The molecule has 2 heterocycles. The average molecular weight is 395 g/mol. The van der Waals surface area contributed by atoms with Crippen LogP contribution in [0.4, 0.5) is 5.95 Å². The molecule has 0 bridgehead atoms. The Hall–Kier alpha value is -2.56. The van der Waals surface area contributed by atoms with Crippen molar-refractivity contribution in [2.24, 2.45) is 0 Å². The molecule has 0 saturated heterocycles. The highest BCUT2D eigenvalue weighted by molar-refractivity contribution is 6.35. The summed E-state index contributed by atoms with van der Waals surface area (Å²) in [5, 5.41) is 11.7. The number of nitrogens with one attached hydrogen (secondary N) is 1. The molecule has 0 fully saturated rings. The average Bonchev–Trinajstić information content (AvgIpc) is 3.15. The van der Waals surface area contributed by atoms with Gasteiger partial charge in [-0.2, -0.15) is 10.1 Å². The maximum atomic E-state index is 6.49. The third kappa shape index (κ3) is 2.85. The fourth-order valence-corrected chi connectivity index (χ4v) is 4.45. The van der Waals surface area contributed by atoms with Gasteiger partial charge in [-0.15, -0.1) is 0 Å². The number of hydrogen-bond donors (Lipinski definition) is 1. The first kappa shape index (κ1) is 16.6. The Morgan fingerprint density at radius 3 is 2.70 bits per heavy atom. The zero-order chi connectivity index (χ0) is 18.4. The van der Waals surface area contributed by atoms with Crippen LogP contribution in [0.15, 0.2) is 67.0 Å². The van der Waals surface area contributed by atoms with Gasteiger partial charge in [0.25, 0.3) is 0 Å². The van der Waals surface area contributed by atoms with Gasteiger partial charge in [0.2, 0.25) is 5.95 Å². The highest BCUT2D eigenvalue weighted by atomic mass is 35.5. The van der Waals surface area contributed by atoms with Crippen LogP contribution in [0.1, 0.15) is 29.6 Å². The van der Waals surface area contributed by atoms with E-state index in [0.29, 0.717) is 10.0 Å². The number of rotatable bonds is 2. The van der Waals surface area contributed by atoms with Crippen molar-refractivity contribution in [1.82, 2.24) is 14.8 Å². The molecular weight excluding hydrogens is 379 g/mol. The zero-order valence-electron chi connectivity index (χ0n) is 14.3. The van der Waals surface area contributed by atoms with Crippen LogP contribution in [0.25, 0.3) is 10.8 Å². The topological polar surface area (TPSA) is 42.7 Å². The third-order valence-corrected chi connectivity index (χ3v) is 5.71. The van der Waals surface area contributed by atoms with Gasteiger partial charge in [-0.1, -0.05) is 71.7 Å². The third-order valence-electron chi connectivity index (χ3n) is 5.15. The molecule has 0 aliphatic carbocycles. The molecule has 1 aliphatic rings. The summed E-state index contributed by atoms with van der Waals surface area (Å²) in [5.41, 5.74) is 2.25. The van der Waals surface area contributed by atoms with Gasteiger partial charge in [0.05, 0.1) is 12.1 Å². The van der Waals surface area contributed by atoms with Crippen LogP contribution in [-0.4, -0.2) is 14.8 Å². The van der Waals surface area contributed by atoms with Crippen LogP contribution in [0.2, 0.25) is 10.0 Å². The number of benzene rings is 3. The minimum absolute atomic E-state index is 0.0236. The van der Waals surface area contributed by atoms with E-state index >= 15 is 0 Å². The van der Waals surface area contributed by atoms with Crippen molar-refractivity contribution in [3.05, 3.63) is 88.2 Å². The number of nitrogens with zero attached hydrogens (tertiary/aromatic N) is 3. The molecule has 27 heavy (non-hydrogen) atoms. The Kier molecular flexibility index (Phi) is 4.03. The van der Waals surface area contributed by atoms with Crippen molar-refractivity contribution in [1.29, 1.82) is 0 Å². The second-order valence-corrected chi connectivity index (χ2v) is 7.55. The summed E-state index contributed by atoms with van der Waals surface area (Å²) in [6.45, 7) is 0. The van der Waals surface area contributed by atoms with Crippen molar-refractivity contribution in [2.75, 3.05) is 5.32 Å². The molecule has 4 aromatic rings. The van der Waals surface area contributed by atoms with Gasteiger partial charge in [0.15, 0.2) is 0 Å². The zero-order valence-corrected chi connectivity index (χ0v) is 15.8. The molecule has 0 saturated carbocycles. The number of fused-ring (bicyclic) bond motifs is 2. The lowest BCUT2D eigenvalue weighted by atomic mass is 9.90. The van der Waals surface area contributed by atoms with Crippen LogP contribution in [-0.2, 0) is 0 Å². The van der Waals surface area contributed by atoms with Gasteiger partial charge in [0.1, 0.15) is 6.33 Å². The molecule has 5 rings (SSSR count). The lowest BCUT2D eigenvalue weighted by molar-refractivity contribution is 0.433. The van der Waals surface area contributed by atoms with Gasteiger partial charge in [-0.05, 0) is 40.5 Å². The molecule has 0 radical (unpaired) electrons. The highest BCUT2D eigenvalue weighted by Gasteiger charge is 2.31. The van der Waals surface area contributed by atoms with Gasteiger partial charge in [-0.3, -0.25) is 0 Å². The Morgan fingerprint density at radius 1 is 0.963 bits per heavy atom. The predicted octanol–water partition coefficient (Wildman–Crippen LogP) is 5.88. The van der Waals surface area contributed by atoms with E-state index < -0.39 is 0 Å². The van der Waals surface area contributed by atoms with Crippen LogP contribution in [0.5, 0.6) is 0 Å². The monoisotopic (exact) mass is 394 g/mol. The van der Waals surface area contributed by atoms with Crippen molar-refractivity contribution in [2.45, 2.75) is 18.5 Å². The van der Waals surface area contributed by atoms with E-state index in [0.717, 1.165) is 17.9 Å². The molecular formula is C21H16Cl2N4. The van der Waals surface area contributed by atoms with Crippen molar-refractivity contribution < 1.29 is 0 Å². The second kappa shape index (κ2) is 6.55. The fraction of sp³-hybridized carbons (Fsp3) is 0.143. The Labute approximate surface area is 166 Å². The fourth-order valence-electron chi connectivity index (χ4n) is 3.91. The van der Waals surface area contributed by atoms with Crippen molar-refractivity contribution in [3.8, 4) is 0 Å². The molecule has 4 nitrogen and oxygen atoms in total. The van der Waals surface area contributed by atoms with E-state index in [1.54, 1.807) is 12.4 Å². The van der Waals surface area contributed by atoms with E-state index in [4.69, 9.17) is 23.2 Å². The lowest BCUT2D eigenvalue weighted by Crippen LogP contribution is -2.28. The Balaban J connectivity index is 1.64. The molecule has 134 valence electrons. The normalized spacial score (nSPS) is 18.9. The number of aromatic nitrogens is 3. The van der Waals surface area contributed by atoms with Gasteiger partial charge in [0, 0.05) is 10.0 Å². The summed E-state index contributed by atoms with van der Waals surface area (Å²) in [6, 6.07) is 20.6. The van der Waals surface area contributed by atoms with E-state index in [2.05, 4.69) is 57.9 Å². The summed E-state index contributed by atoms with van der Waals surface area (Å²) in [5.74, 6) is 0.746. The summed E-state index contributed by atoms with van der Waals surface area (Å²) in [4.78, 5) is 4.41. The van der Waals surface area contributed by atoms with E-state index in [1.165, 1.54) is 16.3 Å². The number of anilines is 1. The number of halogens is 2.